The van der Waals surface area contributed by atoms with E-state index >= 15 is 0 Å². The summed E-state index contributed by atoms with van der Waals surface area (Å²) in [6.07, 6.45) is 7.00. The number of carbonyl (C=O) groups is 1. The minimum Gasteiger partial charge on any atom is -0.378 e. The first-order valence-corrected chi connectivity index (χ1v) is 8.54. The largest absolute Gasteiger partial charge is 0.378 e. The molecule has 1 saturated heterocycles. The van der Waals surface area contributed by atoms with Gasteiger partial charge in [-0.3, -0.25) is 4.79 Å². The van der Waals surface area contributed by atoms with Gasteiger partial charge in [-0.1, -0.05) is 19.3 Å². The van der Waals surface area contributed by atoms with Gasteiger partial charge in [0.15, 0.2) is 0 Å². The molecule has 1 amide bonds. The molecule has 3 rings (SSSR count). The van der Waals surface area contributed by atoms with Crippen LogP contribution in [0.15, 0.2) is 24.3 Å². The molecular weight excluding hydrogens is 276 g/mol. The molecule has 0 aromatic heterocycles. The zero-order valence-electron chi connectivity index (χ0n) is 13.2. The van der Waals surface area contributed by atoms with Crippen LogP contribution in [0.25, 0.3) is 0 Å². The molecule has 0 radical (unpaired) electrons. The third kappa shape index (κ3) is 4.23. The van der Waals surface area contributed by atoms with Crippen molar-refractivity contribution in [1.29, 1.82) is 0 Å². The molecule has 2 aliphatic rings. The van der Waals surface area contributed by atoms with Crippen LogP contribution in [0.1, 0.15) is 38.5 Å². The fraction of sp³-hybridized carbons (Fsp3) is 0.611. The molecule has 0 unspecified atom stereocenters. The van der Waals surface area contributed by atoms with Crippen molar-refractivity contribution in [2.45, 2.75) is 38.5 Å². The smallest absolute Gasteiger partial charge is 0.224 e. The maximum Gasteiger partial charge on any atom is 0.224 e. The topological polar surface area (TPSA) is 41.6 Å². The first kappa shape index (κ1) is 15.3. The van der Waals surface area contributed by atoms with Crippen LogP contribution >= 0.6 is 0 Å². The molecule has 1 aromatic carbocycles. The number of ether oxygens (including phenoxy) is 1. The highest BCUT2D eigenvalue weighted by Gasteiger charge is 2.17. The highest BCUT2D eigenvalue weighted by atomic mass is 16.5. The van der Waals surface area contributed by atoms with Crippen LogP contribution in [-0.4, -0.2) is 32.2 Å². The van der Waals surface area contributed by atoms with E-state index in [0.717, 1.165) is 32.0 Å². The lowest BCUT2D eigenvalue weighted by atomic mass is 9.87. The molecule has 2 fully saturated rings. The minimum absolute atomic E-state index is 0.158. The number of morpholine rings is 1. The molecule has 22 heavy (non-hydrogen) atoms. The van der Waals surface area contributed by atoms with Crippen molar-refractivity contribution in [3.05, 3.63) is 24.3 Å². The lowest BCUT2D eigenvalue weighted by Gasteiger charge is -2.29. The van der Waals surface area contributed by atoms with Gasteiger partial charge in [0, 0.05) is 30.9 Å². The van der Waals surface area contributed by atoms with Crippen LogP contribution in [-0.2, 0) is 9.53 Å². The van der Waals surface area contributed by atoms with Gasteiger partial charge in [-0.15, -0.1) is 0 Å². The van der Waals surface area contributed by atoms with Crippen molar-refractivity contribution in [3.8, 4) is 0 Å². The summed E-state index contributed by atoms with van der Waals surface area (Å²) in [5.41, 5.74) is 2.10. The second-order valence-electron chi connectivity index (χ2n) is 6.40. The van der Waals surface area contributed by atoms with Crippen molar-refractivity contribution in [1.82, 2.24) is 0 Å². The maximum absolute atomic E-state index is 12.1. The zero-order valence-corrected chi connectivity index (χ0v) is 13.2. The standard InChI is InChI=1S/C18H26N2O2/c21-18(14-15-4-2-1-3-5-15)19-16-6-8-17(9-7-16)20-10-12-22-13-11-20/h6-9,15H,1-5,10-14H2,(H,19,21). The number of carbonyl (C=O) groups excluding carboxylic acids is 1. The van der Waals surface area contributed by atoms with Gasteiger partial charge in [-0.2, -0.15) is 0 Å². The highest BCUT2D eigenvalue weighted by Crippen LogP contribution is 2.27. The Hall–Kier alpha value is -1.55. The number of nitrogens with zero attached hydrogens (tertiary/aromatic N) is 1. The van der Waals surface area contributed by atoms with E-state index in [1.54, 1.807) is 0 Å². The summed E-state index contributed by atoms with van der Waals surface area (Å²) in [6, 6.07) is 8.18. The van der Waals surface area contributed by atoms with Gasteiger partial charge in [0.1, 0.15) is 0 Å². The SMILES string of the molecule is O=C(CC1CCCCC1)Nc1ccc(N2CCOCC2)cc1. The van der Waals surface area contributed by atoms with E-state index in [9.17, 15) is 4.79 Å². The normalized spacial score (nSPS) is 19.9. The maximum atomic E-state index is 12.1. The molecule has 0 spiro atoms. The Balaban J connectivity index is 1.50. The molecule has 4 nitrogen and oxygen atoms in total. The number of benzene rings is 1. The van der Waals surface area contributed by atoms with Gasteiger partial charge < -0.3 is 15.0 Å². The second kappa shape index (κ2) is 7.63. The Morgan fingerprint density at radius 3 is 2.45 bits per heavy atom. The quantitative estimate of drug-likeness (QED) is 0.926. The molecule has 1 aliphatic heterocycles. The van der Waals surface area contributed by atoms with E-state index in [4.69, 9.17) is 4.74 Å². The summed E-state index contributed by atoms with van der Waals surface area (Å²) in [5.74, 6) is 0.743. The van der Waals surface area contributed by atoms with Gasteiger partial charge in [0.2, 0.25) is 5.91 Å². The number of rotatable bonds is 4. The molecule has 1 aliphatic carbocycles. The summed E-state index contributed by atoms with van der Waals surface area (Å²) in [5, 5.41) is 3.04. The van der Waals surface area contributed by atoms with Crippen LogP contribution in [0, 0.1) is 5.92 Å². The number of anilines is 2. The van der Waals surface area contributed by atoms with E-state index in [0.29, 0.717) is 12.3 Å². The summed E-state index contributed by atoms with van der Waals surface area (Å²) in [4.78, 5) is 14.4. The molecule has 1 aromatic rings. The molecule has 0 bridgehead atoms. The molecule has 1 N–H and O–H groups in total. The van der Waals surface area contributed by atoms with E-state index in [2.05, 4.69) is 22.3 Å². The third-order valence-corrected chi connectivity index (χ3v) is 4.73. The van der Waals surface area contributed by atoms with Crippen molar-refractivity contribution in [2.24, 2.45) is 5.92 Å². The van der Waals surface area contributed by atoms with Crippen molar-refractivity contribution in [2.75, 3.05) is 36.5 Å². The Labute approximate surface area is 132 Å². The number of hydrogen-bond donors (Lipinski definition) is 1. The Kier molecular flexibility index (Phi) is 5.33. The summed E-state index contributed by atoms with van der Waals surface area (Å²) in [6.45, 7) is 3.46. The lowest BCUT2D eigenvalue weighted by molar-refractivity contribution is -0.117. The van der Waals surface area contributed by atoms with Crippen LogP contribution in [0.4, 0.5) is 11.4 Å². The molecular formula is C18H26N2O2. The van der Waals surface area contributed by atoms with Gasteiger partial charge in [0.05, 0.1) is 13.2 Å². The number of hydrogen-bond acceptors (Lipinski definition) is 3. The molecule has 1 heterocycles. The lowest BCUT2D eigenvalue weighted by Crippen LogP contribution is -2.36. The monoisotopic (exact) mass is 302 g/mol. The van der Waals surface area contributed by atoms with Crippen LogP contribution in [0.5, 0.6) is 0 Å². The fourth-order valence-electron chi connectivity index (χ4n) is 3.44. The van der Waals surface area contributed by atoms with E-state index in [-0.39, 0.29) is 5.91 Å². The third-order valence-electron chi connectivity index (χ3n) is 4.73. The average Bonchev–Trinajstić information content (AvgIpc) is 2.57. The Bertz CT molecular complexity index is 474. The number of amides is 1. The predicted octanol–water partition coefficient (Wildman–Crippen LogP) is 3.43. The summed E-state index contributed by atoms with van der Waals surface area (Å²) < 4.78 is 5.37. The van der Waals surface area contributed by atoms with Crippen molar-refractivity contribution in [3.63, 3.8) is 0 Å². The summed E-state index contributed by atoms with van der Waals surface area (Å²) in [7, 11) is 0. The van der Waals surface area contributed by atoms with Gasteiger partial charge >= 0.3 is 0 Å². The van der Waals surface area contributed by atoms with Gasteiger partial charge in [-0.25, -0.2) is 0 Å². The van der Waals surface area contributed by atoms with Crippen molar-refractivity contribution >= 4 is 17.3 Å². The van der Waals surface area contributed by atoms with Crippen LogP contribution in [0.2, 0.25) is 0 Å². The molecule has 0 atom stereocenters. The van der Waals surface area contributed by atoms with Crippen LogP contribution in [0.3, 0.4) is 0 Å². The van der Waals surface area contributed by atoms with Gasteiger partial charge in [0.25, 0.3) is 0 Å². The van der Waals surface area contributed by atoms with Gasteiger partial charge in [-0.05, 0) is 43.0 Å². The number of nitrogens with one attached hydrogen (secondary N) is 1. The van der Waals surface area contributed by atoms with E-state index in [1.807, 2.05) is 12.1 Å². The molecule has 120 valence electrons. The highest BCUT2D eigenvalue weighted by molar-refractivity contribution is 5.91. The van der Waals surface area contributed by atoms with E-state index in [1.165, 1.54) is 37.8 Å². The minimum atomic E-state index is 0.158. The first-order valence-electron chi connectivity index (χ1n) is 8.54. The fourth-order valence-corrected chi connectivity index (χ4v) is 3.44. The predicted molar refractivity (Wildman–Crippen MR) is 89.3 cm³/mol. The zero-order chi connectivity index (χ0) is 15.2. The summed E-state index contributed by atoms with van der Waals surface area (Å²) >= 11 is 0. The average molecular weight is 302 g/mol. The Morgan fingerprint density at radius 2 is 1.77 bits per heavy atom. The van der Waals surface area contributed by atoms with Crippen LogP contribution < -0.4 is 10.2 Å². The van der Waals surface area contributed by atoms with E-state index < -0.39 is 0 Å². The second-order valence-corrected chi connectivity index (χ2v) is 6.40. The molecule has 1 saturated carbocycles. The van der Waals surface area contributed by atoms with Crippen molar-refractivity contribution < 1.29 is 9.53 Å². The first-order chi connectivity index (χ1) is 10.8. The molecule has 4 heteroatoms. The Morgan fingerprint density at radius 1 is 1.09 bits per heavy atom.